The molecule has 1 rings (SSSR count). The second-order valence-electron chi connectivity index (χ2n) is 3.55. The lowest BCUT2D eigenvalue weighted by atomic mass is 10.1. The monoisotopic (exact) mass is 239 g/mol. The van der Waals surface area contributed by atoms with Crippen LogP contribution in [0.2, 0.25) is 0 Å². The van der Waals surface area contributed by atoms with Crippen LogP contribution in [-0.2, 0) is 4.79 Å². The molecule has 1 amide bonds. The molecule has 0 aliphatic carbocycles. The van der Waals surface area contributed by atoms with Gasteiger partial charge in [-0.25, -0.2) is 4.79 Å². The van der Waals surface area contributed by atoms with Crippen LogP contribution in [0.1, 0.15) is 15.9 Å². The van der Waals surface area contributed by atoms with Crippen LogP contribution in [0.4, 0.5) is 0 Å². The molecule has 92 valence electrons. The zero-order valence-corrected chi connectivity index (χ0v) is 9.17. The molecule has 0 spiro atoms. The number of phenolic OH excluding ortho intramolecular Hbond substituents is 1. The second kappa shape index (κ2) is 5.31. The summed E-state index contributed by atoms with van der Waals surface area (Å²) in [5.74, 6) is -2.03. The van der Waals surface area contributed by atoms with Gasteiger partial charge in [-0.3, -0.25) is 4.79 Å². The van der Waals surface area contributed by atoms with E-state index in [9.17, 15) is 14.7 Å². The number of aryl methyl sites for hydroxylation is 1. The van der Waals surface area contributed by atoms with E-state index < -0.39 is 24.5 Å². The summed E-state index contributed by atoms with van der Waals surface area (Å²) in [4.78, 5) is 22.2. The van der Waals surface area contributed by atoms with Crippen molar-refractivity contribution in [3.05, 3.63) is 29.3 Å². The van der Waals surface area contributed by atoms with E-state index in [0.29, 0.717) is 5.56 Å². The van der Waals surface area contributed by atoms with E-state index in [1.165, 1.54) is 12.1 Å². The average molecular weight is 239 g/mol. The van der Waals surface area contributed by atoms with Crippen molar-refractivity contribution in [1.82, 2.24) is 5.32 Å². The van der Waals surface area contributed by atoms with Gasteiger partial charge in [-0.2, -0.15) is 0 Å². The number of aliphatic carboxylic acids is 1. The summed E-state index contributed by atoms with van der Waals surface area (Å²) in [6.45, 7) is 0.976. The molecule has 0 fully saturated rings. The number of amides is 1. The van der Waals surface area contributed by atoms with Crippen molar-refractivity contribution < 1.29 is 24.9 Å². The minimum Gasteiger partial charge on any atom is -0.508 e. The molecular weight excluding hydrogens is 226 g/mol. The average Bonchev–Trinajstić information content (AvgIpc) is 2.28. The Kier molecular flexibility index (Phi) is 4.06. The SMILES string of the molecule is Cc1ccc(C(=O)NC(CO)C(=O)O)cc1O. The first-order valence-corrected chi connectivity index (χ1v) is 4.90. The molecular formula is C11H13NO5. The summed E-state index contributed by atoms with van der Waals surface area (Å²) in [6, 6.07) is 2.88. The first-order valence-electron chi connectivity index (χ1n) is 4.90. The van der Waals surface area contributed by atoms with Crippen molar-refractivity contribution in [3.8, 4) is 5.75 Å². The van der Waals surface area contributed by atoms with E-state index in [-0.39, 0.29) is 11.3 Å². The number of rotatable bonds is 4. The third-order valence-corrected chi connectivity index (χ3v) is 2.26. The Labute approximate surface area is 97.5 Å². The summed E-state index contributed by atoms with van der Waals surface area (Å²) < 4.78 is 0. The van der Waals surface area contributed by atoms with E-state index in [1.807, 2.05) is 0 Å². The highest BCUT2D eigenvalue weighted by molar-refractivity contribution is 5.97. The van der Waals surface area contributed by atoms with Gasteiger partial charge < -0.3 is 20.6 Å². The van der Waals surface area contributed by atoms with Gasteiger partial charge in [0.05, 0.1) is 6.61 Å². The van der Waals surface area contributed by atoms with E-state index in [4.69, 9.17) is 10.2 Å². The first-order chi connectivity index (χ1) is 7.95. The van der Waals surface area contributed by atoms with Gasteiger partial charge in [0, 0.05) is 5.56 Å². The van der Waals surface area contributed by atoms with Crippen molar-refractivity contribution in [2.24, 2.45) is 0 Å². The van der Waals surface area contributed by atoms with Crippen molar-refractivity contribution in [2.75, 3.05) is 6.61 Å². The lowest BCUT2D eigenvalue weighted by Crippen LogP contribution is -2.43. The number of carbonyl (C=O) groups is 2. The topological polar surface area (TPSA) is 107 Å². The summed E-state index contributed by atoms with van der Waals surface area (Å²) in [7, 11) is 0. The van der Waals surface area contributed by atoms with Crippen molar-refractivity contribution in [1.29, 1.82) is 0 Å². The van der Waals surface area contributed by atoms with Gasteiger partial charge in [-0.1, -0.05) is 6.07 Å². The molecule has 0 aromatic heterocycles. The summed E-state index contributed by atoms with van der Waals surface area (Å²) >= 11 is 0. The molecule has 1 aromatic rings. The molecule has 0 radical (unpaired) electrons. The maximum Gasteiger partial charge on any atom is 0.328 e. The molecule has 17 heavy (non-hydrogen) atoms. The van der Waals surface area contributed by atoms with Gasteiger partial charge in [0.15, 0.2) is 6.04 Å². The fourth-order valence-electron chi connectivity index (χ4n) is 1.18. The summed E-state index contributed by atoms with van der Waals surface area (Å²) in [6.07, 6.45) is 0. The number of aliphatic hydroxyl groups excluding tert-OH is 1. The Bertz CT molecular complexity index is 443. The van der Waals surface area contributed by atoms with Crippen LogP contribution in [0.3, 0.4) is 0 Å². The zero-order chi connectivity index (χ0) is 13.0. The van der Waals surface area contributed by atoms with Crippen LogP contribution < -0.4 is 5.32 Å². The molecule has 4 N–H and O–H groups in total. The molecule has 0 saturated carbocycles. The number of benzene rings is 1. The van der Waals surface area contributed by atoms with E-state index in [1.54, 1.807) is 13.0 Å². The highest BCUT2D eigenvalue weighted by atomic mass is 16.4. The number of hydrogen-bond donors (Lipinski definition) is 4. The molecule has 6 nitrogen and oxygen atoms in total. The van der Waals surface area contributed by atoms with E-state index in [2.05, 4.69) is 5.32 Å². The Hall–Kier alpha value is -2.08. The van der Waals surface area contributed by atoms with Gasteiger partial charge in [0.2, 0.25) is 0 Å². The molecule has 0 bridgehead atoms. The van der Waals surface area contributed by atoms with E-state index in [0.717, 1.165) is 0 Å². The molecule has 6 heteroatoms. The molecule has 1 unspecified atom stereocenters. The Morgan fingerprint density at radius 2 is 2.06 bits per heavy atom. The number of phenols is 1. The Balaban J connectivity index is 2.82. The maximum absolute atomic E-state index is 11.6. The van der Waals surface area contributed by atoms with Crippen molar-refractivity contribution >= 4 is 11.9 Å². The predicted octanol–water partition coefficient (Wildman–Crippen LogP) is -0.124. The first kappa shape index (κ1) is 13.0. The van der Waals surface area contributed by atoms with Crippen LogP contribution in [-0.4, -0.2) is 39.8 Å². The molecule has 0 saturated heterocycles. The number of carboxylic acids is 1. The minimum atomic E-state index is -1.36. The number of aromatic hydroxyl groups is 1. The fraction of sp³-hybridized carbons (Fsp3) is 0.273. The second-order valence-corrected chi connectivity index (χ2v) is 3.55. The van der Waals surface area contributed by atoms with Gasteiger partial charge in [-0.05, 0) is 24.6 Å². The van der Waals surface area contributed by atoms with Crippen LogP contribution in [0.15, 0.2) is 18.2 Å². The standard InChI is InChI=1S/C11H13NO5/c1-6-2-3-7(4-9(6)14)10(15)12-8(5-13)11(16)17/h2-4,8,13-14H,5H2,1H3,(H,12,15)(H,16,17). The van der Waals surface area contributed by atoms with E-state index >= 15 is 0 Å². The highest BCUT2D eigenvalue weighted by Crippen LogP contribution is 2.17. The number of hydrogen-bond acceptors (Lipinski definition) is 4. The van der Waals surface area contributed by atoms with Crippen LogP contribution >= 0.6 is 0 Å². The smallest absolute Gasteiger partial charge is 0.328 e. The normalized spacial score (nSPS) is 11.9. The maximum atomic E-state index is 11.6. The largest absolute Gasteiger partial charge is 0.508 e. The fourth-order valence-corrected chi connectivity index (χ4v) is 1.18. The molecule has 0 aliphatic heterocycles. The Morgan fingerprint density at radius 3 is 2.53 bits per heavy atom. The third-order valence-electron chi connectivity index (χ3n) is 2.26. The molecule has 0 aliphatic rings. The van der Waals surface area contributed by atoms with Crippen molar-refractivity contribution in [2.45, 2.75) is 13.0 Å². The number of nitrogens with one attached hydrogen (secondary N) is 1. The highest BCUT2D eigenvalue weighted by Gasteiger charge is 2.19. The van der Waals surface area contributed by atoms with Crippen LogP contribution in [0.25, 0.3) is 0 Å². The lowest BCUT2D eigenvalue weighted by Gasteiger charge is -2.11. The number of carboxylic acid groups (broad SMARTS) is 1. The lowest BCUT2D eigenvalue weighted by molar-refractivity contribution is -0.140. The quantitative estimate of drug-likeness (QED) is 0.585. The molecule has 1 atom stereocenters. The zero-order valence-electron chi connectivity index (χ0n) is 9.17. The van der Waals surface area contributed by atoms with Crippen LogP contribution in [0, 0.1) is 6.92 Å². The van der Waals surface area contributed by atoms with Crippen LogP contribution in [0.5, 0.6) is 5.75 Å². The number of carbonyl (C=O) groups excluding carboxylic acids is 1. The van der Waals surface area contributed by atoms with Gasteiger partial charge >= 0.3 is 5.97 Å². The van der Waals surface area contributed by atoms with Crippen molar-refractivity contribution in [3.63, 3.8) is 0 Å². The number of aliphatic hydroxyl groups is 1. The minimum absolute atomic E-state index is 0.0477. The molecule has 1 aromatic carbocycles. The van der Waals surface area contributed by atoms with Gasteiger partial charge in [0.25, 0.3) is 5.91 Å². The summed E-state index contributed by atoms with van der Waals surface area (Å²) in [5.41, 5.74) is 0.742. The Morgan fingerprint density at radius 1 is 1.41 bits per heavy atom. The molecule has 0 heterocycles. The third kappa shape index (κ3) is 3.18. The summed E-state index contributed by atoms with van der Waals surface area (Å²) in [5, 5.41) is 28.9. The van der Waals surface area contributed by atoms with Gasteiger partial charge in [-0.15, -0.1) is 0 Å². The van der Waals surface area contributed by atoms with Gasteiger partial charge in [0.1, 0.15) is 5.75 Å². The predicted molar refractivity (Wildman–Crippen MR) is 58.8 cm³/mol.